The van der Waals surface area contributed by atoms with Crippen LogP contribution >= 0.6 is 0 Å². The fourth-order valence-corrected chi connectivity index (χ4v) is 2.22. The van der Waals surface area contributed by atoms with Crippen LogP contribution in [-0.4, -0.2) is 24.4 Å². The van der Waals surface area contributed by atoms with Crippen LogP contribution in [0, 0.1) is 16.7 Å². The first-order valence-corrected chi connectivity index (χ1v) is 6.49. The first kappa shape index (κ1) is 14.5. The lowest BCUT2D eigenvalue weighted by Gasteiger charge is -2.19. The van der Waals surface area contributed by atoms with E-state index in [4.69, 9.17) is 5.26 Å². The Kier molecular flexibility index (Phi) is 5.14. The second-order valence-corrected chi connectivity index (χ2v) is 5.13. The maximum Gasteiger partial charge on any atom is 0.240 e. The van der Waals surface area contributed by atoms with E-state index < -0.39 is 5.41 Å². The summed E-state index contributed by atoms with van der Waals surface area (Å²) in [6.07, 6.45) is 3.37. The number of nitrogens with one attached hydrogen (secondary N) is 2. The zero-order valence-electron chi connectivity index (χ0n) is 11.1. The molecule has 0 aromatic rings. The van der Waals surface area contributed by atoms with Gasteiger partial charge in [-0.2, -0.15) is 5.26 Å². The highest BCUT2D eigenvalue weighted by Gasteiger charge is 2.41. The molecule has 100 valence electrons. The molecule has 1 saturated carbocycles. The van der Waals surface area contributed by atoms with E-state index in [0.29, 0.717) is 19.4 Å². The highest BCUT2D eigenvalue weighted by molar-refractivity contribution is 5.86. The van der Waals surface area contributed by atoms with E-state index in [2.05, 4.69) is 16.7 Å². The molecule has 0 spiro atoms. The molecule has 0 atom stereocenters. The first-order chi connectivity index (χ1) is 8.50. The molecule has 5 nitrogen and oxygen atoms in total. The van der Waals surface area contributed by atoms with Crippen LogP contribution in [-0.2, 0) is 9.59 Å². The summed E-state index contributed by atoms with van der Waals surface area (Å²) in [6, 6.07) is 2.24. The second-order valence-electron chi connectivity index (χ2n) is 5.13. The Morgan fingerprint density at radius 2 is 1.94 bits per heavy atom. The van der Waals surface area contributed by atoms with Gasteiger partial charge in [0.05, 0.1) is 6.07 Å². The maximum atomic E-state index is 11.9. The first-order valence-electron chi connectivity index (χ1n) is 6.49. The Balaban J connectivity index is 2.33. The van der Waals surface area contributed by atoms with E-state index in [0.717, 1.165) is 12.8 Å². The van der Waals surface area contributed by atoms with Gasteiger partial charge in [-0.1, -0.05) is 12.8 Å². The van der Waals surface area contributed by atoms with Crippen LogP contribution < -0.4 is 10.6 Å². The Labute approximate surface area is 108 Å². The van der Waals surface area contributed by atoms with Gasteiger partial charge in [0.1, 0.15) is 5.41 Å². The third-order valence-electron chi connectivity index (χ3n) is 3.19. The zero-order valence-corrected chi connectivity index (χ0v) is 11.1. The van der Waals surface area contributed by atoms with Crippen LogP contribution in [0.4, 0.5) is 0 Å². The minimum absolute atomic E-state index is 0.0808. The average molecular weight is 251 g/mol. The zero-order chi connectivity index (χ0) is 13.6. The molecule has 5 heteroatoms. The molecule has 0 aromatic carbocycles. The van der Waals surface area contributed by atoms with Crippen molar-refractivity contribution in [3.8, 4) is 6.07 Å². The minimum Gasteiger partial charge on any atom is -0.354 e. The number of carbonyl (C=O) groups excluding carboxylic acids is 2. The summed E-state index contributed by atoms with van der Waals surface area (Å²) in [7, 11) is 0. The largest absolute Gasteiger partial charge is 0.354 e. The normalized spacial score (nSPS) is 17.2. The van der Waals surface area contributed by atoms with Crippen LogP contribution in [0.2, 0.25) is 0 Å². The molecule has 0 heterocycles. The smallest absolute Gasteiger partial charge is 0.240 e. The third kappa shape index (κ3) is 3.73. The average Bonchev–Trinajstić information content (AvgIpc) is 2.77. The van der Waals surface area contributed by atoms with Gasteiger partial charge < -0.3 is 10.6 Å². The van der Waals surface area contributed by atoms with Crippen LogP contribution in [0.1, 0.15) is 46.0 Å². The van der Waals surface area contributed by atoms with E-state index in [1.54, 1.807) is 0 Å². The van der Waals surface area contributed by atoms with Crippen LogP contribution in [0.15, 0.2) is 0 Å². The number of hydrogen-bond acceptors (Lipinski definition) is 3. The predicted molar refractivity (Wildman–Crippen MR) is 67.4 cm³/mol. The van der Waals surface area contributed by atoms with Crippen LogP contribution in [0.3, 0.4) is 0 Å². The van der Waals surface area contributed by atoms with Gasteiger partial charge in [-0.25, -0.2) is 0 Å². The summed E-state index contributed by atoms with van der Waals surface area (Å²) in [4.78, 5) is 23.3. The van der Waals surface area contributed by atoms with Crippen LogP contribution in [0.5, 0.6) is 0 Å². The van der Waals surface area contributed by atoms with Gasteiger partial charge in [-0.15, -0.1) is 0 Å². The number of hydrogen-bond donors (Lipinski definition) is 2. The number of nitrogens with zero attached hydrogens (tertiary/aromatic N) is 1. The molecule has 2 amide bonds. The summed E-state index contributed by atoms with van der Waals surface area (Å²) in [5.41, 5.74) is -0.853. The number of amides is 2. The van der Waals surface area contributed by atoms with Crippen molar-refractivity contribution in [3.05, 3.63) is 0 Å². The van der Waals surface area contributed by atoms with Gasteiger partial charge in [-0.05, 0) is 26.7 Å². The lowest BCUT2D eigenvalue weighted by atomic mass is 9.87. The molecule has 1 aliphatic carbocycles. The summed E-state index contributed by atoms with van der Waals surface area (Å²) in [5.74, 6) is -0.303. The van der Waals surface area contributed by atoms with Crippen molar-refractivity contribution in [3.63, 3.8) is 0 Å². The second kappa shape index (κ2) is 6.39. The number of carbonyl (C=O) groups is 2. The molecule has 0 unspecified atom stereocenters. The van der Waals surface area contributed by atoms with Crippen molar-refractivity contribution in [1.82, 2.24) is 10.6 Å². The SMILES string of the molecule is CC(C)NC(=O)CCNC(=O)C1(C#N)CCCC1. The Morgan fingerprint density at radius 3 is 2.44 bits per heavy atom. The minimum atomic E-state index is -0.853. The summed E-state index contributed by atoms with van der Waals surface area (Å²) in [5, 5.41) is 14.6. The van der Waals surface area contributed by atoms with Crippen molar-refractivity contribution in [2.45, 2.75) is 52.0 Å². The van der Waals surface area contributed by atoms with Gasteiger partial charge in [-0.3, -0.25) is 9.59 Å². The molecular formula is C13H21N3O2. The highest BCUT2D eigenvalue weighted by atomic mass is 16.2. The van der Waals surface area contributed by atoms with Gasteiger partial charge in [0.15, 0.2) is 0 Å². The maximum absolute atomic E-state index is 11.9. The Hall–Kier alpha value is -1.57. The molecule has 1 rings (SSSR count). The standard InChI is InChI=1S/C13H21N3O2/c1-10(2)16-11(17)5-8-15-12(18)13(9-14)6-3-4-7-13/h10H,3-8H2,1-2H3,(H,15,18)(H,16,17). The third-order valence-corrected chi connectivity index (χ3v) is 3.19. The predicted octanol–water partition coefficient (Wildman–Crippen LogP) is 1.10. The van der Waals surface area contributed by atoms with Crippen molar-refractivity contribution in [1.29, 1.82) is 5.26 Å². The Bertz CT molecular complexity index is 352. The summed E-state index contributed by atoms with van der Waals surface area (Å²) in [6.45, 7) is 4.07. The van der Waals surface area contributed by atoms with Gasteiger partial charge in [0.2, 0.25) is 11.8 Å². The molecule has 2 N–H and O–H groups in total. The fourth-order valence-electron chi connectivity index (χ4n) is 2.22. The van der Waals surface area contributed by atoms with Crippen molar-refractivity contribution in [2.24, 2.45) is 5.41 Å². The lowest BCUT2D eigenvalue weighted by Crippen LogP contribution is -2.40. The lowest BCUT2D eigenvalue weighted by molar-refractivity contribution is -0.128. The fraction of sp³-hybridized carbons (Fsp3) is 0.769. The summed E-state index contributed by atoms with van der Waals surface area (Å²) >= 11 is 0. The quantitative estimate of drug-likeness (QED) is 0.767. The van der Waals surface area contributed by atoms with E-state index in [-0.39, 0.29) is 24.3 Å². The molecule has 0 aromatic heterocycles. The Morgan fingerprint density at radius 1 is 1.33 bits per heavy atom. The van der Waals surface area contributed by atoms with Crippen molar-refractivity contribution >= 4 is 11.8 Å². The highest BCUT2D eigenvalue weighted by Crippen LogP contribution is 2.37. The summed E-state index contributed by atoms with van der Waals surface area (Å²) < 4.78 is 0. The van der Waals surface area contributed by atoms with Gasteiger partial charge in [0, 0.05) is 19.0 Å². The van der Waals surface area contributed by atoms with Gasteiger partial charge in [0.25, 0.3) is 0 Å². The van der Waals surface area contributed by atoms with Gasteiger partial charge >= 0.3 is 0 Å². The molecule has 1 fully saturated rings. The molecule has 0 radical (unpaired) electrons. The van der Waals surface area contributed by atoms with E-state index in [1.165, 1.54) is 0 Å². The monoisotopic (exact) mass is 251 g/mol. The topological polar surface area (TPSA) is 82.0 Å². The number of rotatable bonds is 5. The molecular weight excluding hydrogens is 230 g/mol. The van der Waals surface area contributed by atoms with Crippen molar-refractivity contribution in [2.75, 3.05) is 6.54 Å². The van der Waals surface area contributed by atoms with Crippen molar-refractivity contribution < 1.29 is 9.59 Å². The van der Waals surface area contributed by atoms with E-state index in [9.17, 15) is 9.59 Å². The van der Waals surface area contributed by atoms with E-state index >= 15 is 0 Å². The molecule has 0 bridgehead atoms. The van der Waals surface area contributed by atoms with E-state index in [1.807, 2.05) is 13.8 Å². The molecule has 18 heavy (non-hydrogen) atoms. The molecule has 1 aliphatic rings. The molecule has 0 aliphatic heterocycles. The number of nitriles is 1. The van der Waals surface area contributed by atoms with Crippen LogP contribution in [0.25, 0.3) is 0 Å². The molecule has 0 saturated heterocycles.